The number of anilines is 1. The van der Waals surface area contributed by atoms with Gasteiger partial charge in [-0.25, -0.2) is 4.79 Å². The number of carboxylic acids is 1. The highest BCUT2D eigenvalue weighted by Crippen LogP contribution is 2.12. The maximum atomic E-state index is 10.7. The van der Waals surface area contributed by atoms with Crippen LogP contribution in [0.2, 0.25) is 0 Å². The molecule has 0 aliphatic heterocycles. The molecule has 5 nitrogen and oxygen atoms in total. The van der Waals surface area contributed by atoms with Crippen molar-refractivity contribution in [2.75, 3.05) is 5.32 Å². The van der Waals surface area contributed by atoms with Gasteiger partial charge in [-0.05, 0) is 6.92 Å². The van der Waals surface area contributed by atoms with Gasteiger partial charge < -0.3 is 10.4 Å². The molecule has 2 N–H and O–H groups in total. The summed E-state index contributed by atoms with van der Waals surface area (Å²) in [5.74, 6) is -0.955. The van der Waals surface area contributed by atoms with Crippen LogP contribution in [0.15, 0.2) is 18.9 Å². The third-order valence-electron chi connectivity index (χ3n) is 1.83. The van der Waals surface area contributed by atoms with Crippen LogP contribution in [0, 0.1) is 6.92 Å². The summed E-state index contributed by atoms with van der Waals surface area (Å²) in [7, 11) is 1.78. The van der Waals surface area contributed by atoms with Gasteiger partial charge in [0.2, 0.25) is 0 Å². The van der Waals surface area contributed by atoms with Crippen LogP contribution in [0.25, 0.3) is 0 Å². The van der Waals surface area contributed by atoms with Gasteiger partial charge in [0.15, 0.2) is 0 Å². The van der Waals surface area contributed by atoms with Crippen molar-refractivity contribution >= 4 is 11.7 Å². The van der Waals surface area contributed by atoms with Crippen molar-refractivity contribution in [1.82, 2.24) is 9.78 Å². The van der Waals surface area contributed by atoms with Crippen LogP contribution in [0.4, 0.5) is 5.69 Å². The molecule has 1 aromatic heterocycles. The van der Waals surface area contributed by atoms with E-state index in [4.69, 9.17) is 5.11 Å². The number of rotatable bonds is 4. The molecule has 1 atom stereocenters. The van der Waals surface area contributed by atoms with Crippen molar-refractivity contribution in [3.63, 3.8) is 0 Å². The Labute approximate surface area is 82.0 Å². The van der Waals surface area contributed by atoms with E-state index in [0.717, 1.165) is 5.69 Å². The molecule has 0 aliphatic carbocycles. The molecule has 0 aliphatic rings. The Balaban J connectivity index is 2.81. The molecule has 1 heterocycles. The van der Waals surface area contributed by atoms with E-state index >= 15 is 0 Å². The van der Waals surface area contributed by atoms with Gasteiger partial charge >= 0.3 is 5.97 Å². The zero-order chi connectivity index (χ0) is 10.7. The second-order valence-corrected chi connectivity index (χ2v) is 3.00. The van der Waals surface area contributed by atoms with E-state index in [0.29, 0.717) is 5.69 Å². The first-order valence-corrected chi connectivity index (χ1v) is 4.16. The van der Waals surface area contributed by atoms with E-state index < -0.39 is 12.0 Å². The summed E-state index contributed by atoms with van der Waals surface area (Å²) < 4.78 is 1.62. The van der Waals surface area contributed by atoms with Crippen LogP contribution in [0.1, 0.15) is 5.69 Å². The van der Waals surface area contributed by atoms with Crippen LogP contribution in [-0.2, 0) is 11.8 Å². The summed E-state index contributed by atoms with van der Waals surface area (Å²) in [5, 5.41) is 15.7. The van der Waals surface area contributed by atoms with Gasteiger partial charge in [0.1, 0.15) is 6.04 Å². The SMILES string of the molecule is C=CC(Nc1cn(C)nc1C)C(=O)O. The molecule has 0 aromatic carbocycles. The predicted octanol–water partition coefficient (Wildman–Crippen LogP) is 0.780. The minimum Gasteiger partial charge on any atom is -0.479 e. The topological polar surface area (TPSA) is 67.2 Å². The number of nitrogens with zero attached hydrogens (tertiary/aromatic N) is 2. The molecular weight excluding hydrogens is 182 g/mol. The van der Waals surface area contributed by atoms with E-state index in [9.17, 15) is 4.79 Å². The first-order valence-electron chi connectivity index (χ1n) is 4.16. The monoisotopic (exact) mass is 195 g/mol. The van der Waals surface area contributed by atoms with Gasteiger partial charge in [-0.2, -0.15) is 5.10 Å². The minimum atomic E-state index is -0.955. The highest BCUT2D eigenvalue weighted by atomic mass is 16.4. The number of aliphatic carboxylic acids is 1. The molecule has 5 heteroatoms. The van der Waals surface area contributed by atoms with Gasteiger partial charge in [0.25, 0.3) is 0 Å². The maximum absolute atomic E-state index is 10.7. The Hall–Kier alpha value is -1.78. The normalized spacial score (nSPS) is 12.1. The highest BCUT2D eigenvalue weighted by Gasteiger charge is 2.14. The van der Waals surface area contributed by atoms with E-state index in [2.05, 4.69) is 17.0 Å². The lowest BCUT2D eigenvalue weighted by Gasteiger charge is -2.09. The second kappa shape index (κ2) is 3.95. The molecule has 76 valence electrons. The van der Waals surface area contributed by atoms with Crippen molar-refractivity contribution in [3.8, 4) is 0 Å². The molecule has 1 aromatic rings. The summed E-state index contributed by atoms with van der Waals surface area (Å²) in [4.78, 5) is 10.7. The van der Waals surface area contributed by atoms with Crippen LogP contribution in [0.5, 0.6) is 0 Å². The van der Waals surface area contributed by atoms with Gasteiger partial charge in [-0.1, -0.05) is 6.08 Å². The van der Waals surface area contributed by atoms with Crippen LogP contribution in [-0.4, -0.2) is 26.9 Å². The van der Waals surface area contributed by atoms with Gasteiger partial charge in [0, 0.05) is 13.2 Å². The molecule has 0 bridgehead atoms. The fourth-order valence-corrected chi connectivity index (χ4v) is 1.13. The van der Waals surface area contributed by atoms with Crippen molar-refractivity contribution in [2.45, 2.75) is 13.0 Å². The molecule has 0 amide bonds. The number of hydrogen-bond donors (Lipinski definition) is 2. The van der Waals surface area contributed by atoms with Crippen LogP contribution < -0.4 is 5.32 Å². The third-order valence-corrected chi connectivity index (χ3v) is 1.83. The van der Waals surface area contributed by atoms with Crippen molar-refractivity contribution in [1.29, 1.82) is 0 Å². The molecule has 0 saturated carbocycles. The smallest absolute Gasteiger partial charge is 0.330 e. The molecule has 0 radical (unpaired) electrons. The number of aryl methyl sites for hydroxylation is 2. The summed E-state index contributed by atoms with van der Waals surface area (Å²) in [6.45, 7) is 5.25. The quantitative estimate of drug-likeness (QED) is 0.697. The molecule has 14 heavy (non-hydrogen) atoms. The van der Waals surface area contributed by atoms with E-state index in [1.807, 2.05) is 6.92 Å². The Morgan fingerprint density at radius 2 is 2.50 bits per heavy atom. The lowest BCUT2D eigenvalue weighted by molar-refractivity contribution is -0.136. The summed E-state index contributed by atoms with van der Waals surface area (Å²) >= 11 is 0. The summed E-state index contributed by atoms with van der Waals surface area (Å²) in [6, 6.07) is -0.780. The first kappa shape index (κ1) is 10.3. The Morgan fingerprint density at radius 1 is 1.86 bits per heavy atom. The van der Waals surface area contributed by atoms with E-state index in [1.165, 1.54) is 6.08 Å². The Morgan fingerprint density at radius 3 is 2.86 bits per heavy atom. The lowest BCUT2D eigenvalue weighted by atomic mass is 10.2. The lowest BCUT2D eigenvalue weighted by Crippen LogP contribution is -2.26. The molecule has 0 saturated heterocycles. The molecule has 1 rings (SSSR count). The largest absolute Gasteiger partial charge is 0.479 e. The number of hydrogen-bond acceptors (Lipinski definition) is 3. The van der Waals surface area contributed by atoms with Crippen LogP contribution >= 0.6 is 0 Å². The van der Waals surface area contributed by atoms with Crippen molar-refractivity contribution < 1.29 is 9.90 Å². The standard InChI is InChI=1S/C9H13N3O2/c1-4-7(9(13)14)10-8-5-12(3)11-6(8)2/h4-5,7,10H,1H2,2-3H3,(H,13,14). The van der Waals surface area contributed by atoms with Crippen molar-refractivity contribution in [3.05, 3.63) is 24.5 Å². The third kappa shape index (κ3) is 2.12. The zero-order valence-electron chi connectivity index (χ0n) is 8.19. The molecular formula is C9H13N3O2. The van der Waals surface area contributed by atoms with Gasteiger partial charge in [-0.15, -0.1) is 6.58 Å². The number of nitrogens with one attached hydrogen (secondary N) is 1. The van der Waals surface area contributed by atoms with E-state index in [1.54, 1.807) is 17.9 Å². The van der Waals surface area contributed by atoms with Gasteiger partial charge in [0.05, 0.1) is 11.4 Å². The Bertz CT molecular complexity index is 357. The average Bonchev–Trinajstić information content (AvgIpc) is 2.40. The minimum absolute atomic E-state index is 0.708. The number of carboxylic acid groups (broad SMARTS) is 1. The number of aromatic nitrogens is 2. The van der Waals surface area contributed by atoms with E-state index in [-0.39, 0.29) is 0 Å². The Kier molecular flexibility index (Phi) is 2.91. The predicted molar refractivity (Wildman–Crippen MR) is 53.2 cm³/mol. The average molecular weight is 195 g/mol. The van der Waals surface area contributed by atoms with Crippen LogP contribution in [0.3, 0.4) is 0 Å². The zero-order valence-corrected chi connectivity index (χ0v) is 8.19. The first-order chi connectivity index (χ1) is 6.54. The second-order valence-electron chi connectivity index (χ2n) is 3.00. The number of carbonyl (C=O) groups is 1. The summed E-state index contributed by atoms with van der Waals surface area (Å²) in [5.41, 5.74) is 1.47. The highest BCUT2D eigenvalue weighted by molar-refractivity contribution is 5.79. The maximum Gasteiger partial charge on any atom is 0.330 e. The van der Waals surface area contributed by atoms with Crippen molar-refractivity contribution in [2.24, 2.45) is 7.05 Å². The molecule has 1 unspecified atom stereocenters. The fraction of sp³-hybridized carbons (Fsp3) is 0.333. The summed E-state index contributed by atoms with van der Waals surface area (Å²) in [6.07, 6.45) is 3.07. The molecule has 0 fully saturated rings. The van der Waals surface area contributed by atoms with Gasteiger partial charge in [-0.3, -0.25) is 4.68 Å². The fourth-order valence-electron chi connectivity index (χ4n) is 1.13. The molecule has 0 spiro atoms.